The first kappa shape index (κ1) is 12.0. The molecule has 2 aromatic rings. The van der Waals surface area contributed by atoms with E-state index in [1.165, 1.54) is 24.3 Å². The molecule has 92 valence electrons. The number of ether oxygens (including phenoxy) is 2. The number of aromatic hydroxyl groups is 1. The SMILES string of the molecule is COc1ccc(OC(=O)c2ccc(O)cc2)cc1. The zero-order valence-electron chi connectivity index (χ0n) is 9.79. The summed E-state index contributed by atoms with van der Waals surface area (Å²) < 4.78 is 10.2. The van der Waals surface area contributed by atoms with E-state index < -0.39 is 5.97 Å². The van der Waals surface area contributed by atoms with Gasteiger partial charge in [0.1, 0.15) is 17.2 Å². The van der Waals surface area contributed by atoms with Crippen molar-refractivity contribution in [3.8, 4) is 17.2 Å². The maximum atomic E-state index is 11.7. The first-order valence-corrected chi connectivity index (χ1v) is 5.34. The number of benzene rings is 2. The Kier molecular flexibility index (Phi) is 3.48. The van der Waals surface area contributed by atoms with Crippen LogP contribution in [0, 0.1) is 0 Å². The number of methoxy groups -OCH3 is 1. The lowest BCUT2D eigenvalue weighted by Crippen LogP contribution is -2.07. The number of phenols is 1. The summed E-state index contributed by atoms with van der Waals surface area (Å²) in [4.78, 5) is 11.7. The zero-order valence-corrected chi connectivity index (χ0v) is 9.79. The van der Waals surface area contributed by atoms with Crippen LogP contribution in [0.4, 0.5) is 0 Å². The van der Waals surface area contributed by atoms with Crippen molar-refractivity contribution in [3.63, 3.8) is 0 Å². The van der Waals surface area contributed by atoms with Gasteiger partial charge in [0, 0.05) is 0 Å². The van der Waals surface area contributed by atoms with Gasteiger partial charge in [0.15, 0.2) is 0 Å². The Labute approximate surface area is 104 Å². The van der Waals surface area contributed by atoms with Crippen molar-refractivity contribution in [1.29, 1.82) is 0 Å². The minimum atomic E-state index is -0.472. The molecule has 0 aliphatic heterocycles. The molecule has 1 N–H and O–H groups in total. The molecule has 0 unspecified atom stereocenters. The van der Waals surface area contributed by atoms with Crippen molar-refractivity contribution in [2.24, 2.45) is 0 Å². The molecular formula is C14H12O4. The Bertz CT molecular complexity index is 529. The van der Waals surface area contributed by atoms with Gasteiger partial charge in [-0.3, -0.25) is 0 Å². The topological polar surface area (TPSA) is 55.8 Å². The molecule has 0 atom stereocenters. The number of carbonyl (C=O) groups excluding carboxylic acids is 1. The van der Waals surface area contributed by atoms with Gasteiger partial charge >= 0.3 is 5.97 Å². The fourth-order valence-electron chi connectivity index (χ4n) is 1.41. The van der Waals surface area contributed by atoms with Crippen LogP contribution < -0.4 is 9.47 Å². The average molecular weight is 244 g/mol. The van der Waals surface area contributed by atoms with Crippen LogP contribution in [0.1, 0.15) is 10.4 Å². The highest BCUT2D eigenvalue weighted by molar-refractivity contribution is 5.91. The van der Waals surface area contributed by atoms with E-state index in [9.17, 15) is 4.79 Å². The van der Waals surface area contributed by atoms with Gasteiger partial charge in [0.25, 0.3) is 0 Å². The van der Waals surface area contributed by atoms with Gasteiger partial charge in [-0.1, -0.05) is 0 Å². The Morgan fingerprint density at radius 3 is 2.06 bits per heavy atom. The molecule has 0 saturated heterocycles. The van der Waals surface area contributed by atoms with Gasteiger partial charge in [0.05, 0.1) is 12.7 Å². The maximum absolute atomic E-state index is 11.7. The van der Waals surface area contributed by atoms with Crippen LogP contribution in [0.25, 0.3) is 0 Å². The second-order valence-corrected chi connectivity index (χ2v) is 3.61. The molecule has 0 aliphatic carbocycles. The highest BCUT2D eigenvalue weighted by Crippen LogP contribution is 2.18. The quantitative estimate of drug-likeness (QED) is 0.666. The van der Waals surface area contributed by atoms with Gasteiger partial charge in [-0.25, -0.2) is 4.79 Å². The predicted molar refractivity (Wildman–Crippen MR) is 66.1 cm³/mol. The van der Waals surface area contributed by atoms with Crippen LogP contribution >= 0.6 is 0 Å². The van der Waals surface area contributed by atoms with Crippen LogP contribution in [0.2, 0.25) is 0 Å². The molecule has 2 rings (SSSR count). The average Bonchev–Trinajstić information content (AvgIpc) is 2.40. The van der Waals surface area contributed by atoms with E-state index in [2.05, 4.69) is 0 Å². The fraction of sp³-hybridized carbons (Fsp3) is 0.0714. The summed E-state index contributed by atoms with van der Waals surface area (Å²) in [5.74, 6) is 0.768. The lowest BCUT2D eigenvalue weighted by atomic mass is 10.2. The molecule has 0 amide bonds. The molecular weight excluding hydrogens is 232 g/mol. The molecule has 0 radical (unpaired) electrons. The summed E-state index contributed by atoms with van der Waals surface area (Å²) in [6, 6.07) is 12.6. The Morgan fingerprint density at radius 1 is 0.944 bits per heavy atom. The lowest BCUT2D eigenvalue weighted by molar-refractivity contribution is 0.0734. The number of carbonyl (C=O) groups is 1. The molecule has 18 heavy (non-hydrogen) atoms. The zero-order chi connectivity index (χ0) is 13.0. The maximum Gasteiger partial charge on any atom is 0.343 e. The van der Waals surface area contributed by atoms with Gasteiger partial charge in [0.2, 0.25) is 0 Å². The Hall–Kier alpha value is -2.49. The summed E-state index contributed by atoms with van der Waals surface area (Å²) >= 11 is 0. The molecule has 0 spiro atoms. The number of phenolic OH excluding ortho intramolecular Hbond substituents is 1. The van der Waals surface area contributed by atoms with E-state index in [-0.39, 0.29) is 5.75 Å². The van der Waals surface area contributed by atoms with Crippen LogP contribution in [0.3, 0.4) is 0 Å². The van der Waals surface area contributed by atoms with E-state index in [1.807, 2.05) is 0 Å². The molecule has 0 saturated carbocycles. The standard InChI is InChI=1S/C14H12O4/c1-17-12-6-8-13(9-7-12)18-14(16)10-2-4-11(15)5-3-10/h2-9,15H,1H3. The van der Waals surface area contributed by atoms with E-state index in [0.29, 0.717) is 17.1 Å². The third-order valence-corrected chi connectivity index (χ3v) is 2.37. The van der Waals surface area contributed by atoms with E-state index >= 15 is 0 Å². The van der Waals surface area contributed by atoms with Gasteiger partial charge in [-0.2, -0.15) is 0 Å². The molecule has 0 fully saturated rings. The highest BCUT2D eigenvalue weighted by atomic mass is 16.5. The van der Waals surface area contributed by atoms with Crippen LogP contribution in [-0.4, -0.2) is 18.2 Å². The summed E-state index contributed by atoms with van der Waals surface area (Å²) in [5, 5.41) is 9.12. The third-order valence-electron chi connectivity index (χ3n) is 2.37. The highest BCUT2D eigenvalue weighted by Gasteiger charge is 2.08. The summed E-state index contributed by atoms with van der Waals surface area (Å²) in [6.45, 7) is 0. The minimum absolute atomic E-state index is 0.107. The van der Waals surface area contributed by atoms with Crippen LogP contribution in [0.15, 0.2) is 48.5 Å². The largest absolute Gasteiger partial charge is 0.508 e. The lowest BCUT2D eigenvalue weighted by Gasteiger charge is -2.05. The van der Waals surface area contributed by atoms with E-state index in [0.717, 1.165) is 0 Å². The van der Waals surface area contributed by atoms with E-state index in [4.69, 9.17) is 14.6 Å². The van der Waals surface area contributed by atoms with Crippen molar-refractivity contribution in [2.45, 2.75) is 0 Å². The van der Waals surface area contributed by atoms with Crippen LogP contribution in [0.5, 0.6) is 17.2 Å². The second-order valence-electron chi connectivity index (χ2n) is 3.61. The van der Waals surface area contributed by atoms with Crippen molar-refractivity contribution in [2.75, 3.05) is 7.11 Å². The fourth-order valence-corrected chi connectivity index (χ4v) is 1.41. The van der Waals surface area contributed by atoms with Crippen molar-refractivity contribution < 1.29 is 19.4 Å². The number of hydrogen-bond donors (Lipinski definition) is 1. The summed E-state index contributed by atoms with van der Waals surface area (Å²) in [7, 11) is 1.57. The normalized spacial score (nSPS) is 9.83. The molecule has 0 heterocycles. The molecule has 0 aliphatic rings. The van der Waals surface area contributed by atoms with Crippen LogP contribution in [-0.2, 0) is 0 Å². The Balaban J connectivity index is 2.08. The molecule has 0 bridgehead atoms. The van der Waals surface area contributed by atoms with Crippen molar-refractivity contribution >= 4 is 5.97 Å². The van der Waals surface area contributed by atoms with Gasteiger partial charge in [-0.15, -0.1) is 0 Å². The minimum Gasteiger partial charge on any atom is -0.508 e. The van der Waals surface area contributed by atoms with Crippen molar-refractivity contribution in [1.82, 2.24) is 0 Å². The third kappa shape index (κ3) is 2.79. The number of rotatable bonds is 3. The first-order valence-electron chi connectivity index (χ1n) is 5.34. The molecule has 0 aromatic heterocycles. The van der Waals surface area contributed by atoms with E-state index in [1.54, 1.807) is 31.4 Å². The van der Waals surface area contributed by atoms with Gasteiger partial charge < -0.3 is 14.6 Å². The summed E-state index contributed by atoms with van der Waals surface area (Å²) in [6.07, 6.45) is 0. The molecule has 4 nitrogen and oxygen atoms in total. The molecule has 4 heteroatoms. The van der Waals surface area contributed by atoms with Gasteiger partial charge in [-0.05, 0) is 48.5 Å². The number of hydrogen-bond acceptors (Lipinski definition) is 4. The second kappa shape index (κ2) is 5.23. The number of esters is 1. The molecule has 2 aromatic carbocycles. The van der Waals surface area contributed by atoms with Crippen molar-refractivity contribution in [3.05, 3.63) is 54.1 Å². The Morgan fingerprint density at radius 2 is 1.50 bits per heavy atom. The monoisotopic (exact) mass is 244 g/mol. The summed E-state index contributed by atoms with van der Waals surface area (Å²) in [5.41, 5.74) is 0.378. The first-order chi connectivity index (χ1) is 8.69. The smallest absolute Gasteiger partial charge is 0.343 e. The predicted octanol–water partition coefficient (Wildman–Crippen LogP) is 2.62.